The lowest BCUT2D eigenvalue weighted by Gasteiger charge is -2.18. The molecular formula is C19H21N3O4. The highest BCUT2D eigenvalue weighted by molar-refractivity contribution is 6.00. The van der Waals surface area contributed by atoms with Crippen LogP contribution >= 0.6 is 0 Å². The van der Waals surface area contributed by atoms with Gasteiger partial charge in [0.25, 0.3) is 11.6 Å². The first-order chi connectivity index (χ1) is 12.2. The molecule has 2 rings (SSSR count). The molecule has 136 valence electrons. The van der Waals surface area contributed by atoms with E-state index in [1.807, 2.05) is 26.0 Å². The van der Waals surface area contributed by atoms with Gasteiger partial charge in [-0.15, -0.1) is 0 Å². The van der Waals surface area contributed by atoms with Gasteiger partial charge in [0, 0.05) is 29.9 Å². The molecule has 1 N–H and O–H groups in total. The minimum Gasteiger partial charge on any atom is -0.332 e. The summed E-state index contributed by atoms with van der Waals surface area (Å²) in [4.78, 5) is 36.6. The number of benzene rings is 2. The molecule has 0 spiro atoms. The Morgan fingerprint density at radius 3 is 2.38 bits per heavy atom. The number of nitro benzene ring substituents is 1. The van der Waals surface area contributed by atoms with Gasteiger partial charge < -0.3 is 10.2 Å². The lowest BCUT2D eigenvalue weighted by atomic mass is 10.1. The number of aryl methyl sites for hydroxylation is 1. The summed E-state index contributed by atoms with van der Waals surface area (Å²) in [7, 11) is 1.49. The van der Waals surface area contributed by atoms with E-state index in [4.69, 9.17) is 0 Å². The van der Waals surface area contributed by atoms with Crippen LogP contribution in [0.1, 0.15) is 27.0 Å². The van der Waals surface area contributed by atoms with Gasteiger partial charge in [0.1, 0.15) is 0 Å². The van der Waals surface area contributed by atoms with E-state index in [1.165, 1.54) is 37.1 Å². The normalized spacial score (nSPS) is 10.3. The fourth-order valence-electron chi connectivity index (χ4n) is 2.62. The molecule has 0 atom stereocenters. The summed E-state index contributed by atoms with van der Waals surface area (Å²) < 4.78 is 0. The molecule has 0 saturated heterocycles. The van der Waals surface area contributed by atoms with Gasteiger partial charge in [0.2, 0.25) is 5.91 Å². The monoisotopic (exact) mass is 355 g/mol. The number of hydrogen-bond donors (Lipinski definition) is 1. The molecule has 0 bridgehead atoms. The Labute approximate surface area is 151 Å². The molecule has 2 aromatic rings. The zero-order valence-corrected chi connectivity index (χ0v) is 15.2. The highest BCUT2D eigenvalue weighted by Crippen LogP contribution is 2.22. The summed E-state index contributed by atoms with van der Waals surface area (Å²) in [6.07, 6.45) is 0. The second-order valence-electron chi connectivity index (χ2n) is 6.16. The fraction of sp³-hybridized carbons (Fsp3) is 0.263. The zero-order chi connectivity index (χ0) is 19.4. The molecule has 7 heteroatoms. The summed E-state index contributed by atoms with van der Waals surface area (Å²) >= 11 is 0. The number of nitrogens with zero attached hydrogens (tertiary/aromatic N) is 2. The van der Waals surface area contributed by atoms with E-state index < -0.39 is 10.8 Å². The van der Waals surface area contributed by atoms with E-state index in [0.717, 1.165) is 11.1 Å². The second kappa shape index (κ2) is 7.77. The van der Waals surface area contributed by atoms with Crippen LogP contribution < -0.4 is 5.32 Å². The Kier molecular flexibility index (Phi) is 5.71. The summed E-state index contributed by atoms with van der Waals surface area (Å²) in [5.41, 5.74) is 3.08. The maximum atomic E-state index is 12.6. The smallest absolute Gasteiger partial charge is 0.273 e. The highest BCUT2D eigenvalue weighted by Gasteiger charge is 2.21. The first-order valence-electron chi connectivity index (χ1n) is 8.08. The number of anilines is 1. The lowest BCUT2D eigenvalue weighted by Crippen LogP contribution is -2.35. The number of carbonyl (C=O) groups is 2. The summed E-state index contributed by atoms with van der Waals surface area (Å²) in [5.74, 6) is -0.778. The molecule has 0 heterocycles. The molecule has 0 aromatic heterocycles. The summed E-state index contributed by atoms with van der Waals surface area (Å²) in [6, 6.07) is 9.92. The van der Waals surface area contributed by atoms with Gasteiger partial charge in [-0.25, -0.2) is 0 Å². The van der Waals surface area contributed by atoms with Crippen molar-refractivity contribution >= 4 is 23.2 Å². The standard InChI is InChI=1S/C19H21N3O4/c1-12-7-5-9-16(13(12)2)20-18(23)11-21(4)19(24)15-8-6-10-17(14(15)3)22(25)26/h5-10H,11H2,1-4H3,(H,20,23). The number of hydrogen-bond acceptors (Lipinski definition) is 4. The first kappa shape index (κ1) is 19.1. The van der Waals surface area contributed by atoms with E-state index in [9.17, 15) is 19.7 Å². The van der Waals surface area contributed by atoms with Gasteiger partial charge >= 0.3 is 0 Å². The molecule has 26 heavy (non-hydrogen) atoms. The van der Waals surface area contributed by atoms with E-state index in [-0.39, 0.29) is 29.3 Å². The van der Waals surface area contributed by atoms with Crippen LogP contribution in [0.2, 0.25) is 0 Å². The van der Waals surface area contributed by atoms with Crippen LogP contribution in [0.15, 0.2) is 36.4 Å². The third-order valence-corrected chi connectivity index (χ3v) is 4.34. The largest absolute Gasteiger partial charge is 0.332 e. The predicted molar refractivity (Wildman–Crippen MR) is 99.3 cm³/mol. The molecular weight excluding hydrogens is 334 g/mol. The molecule has 0 unspecified atom stereocenters. The SMILES string of the molecule is Cc1cccc(NC(=O)CN(C)C(=O)c2cccc([N+](=O)[O-])c2C)c1C. The summed E-state index contributed by atoms with van der Waals surface area (Å²) in [6.45, 7) is 5.22. The van der Waals surface area contributed by atoms with Gasteiger partial charge in [0.15, 0.2) is 0 Å². The van der Waals surface area contributed by atoms with Crippen LogP contribution in [-0.4, -0.2) is 35.2 Å². The Bertz CT molecular complexity index is 877. The van der Waals surface area contributed by atoms with E-state index in [1.54, 1.807) is 6.07 Å². The molecule has 2 aromatic carbocycles. The molecule has 7 nitrogen and oxygen atoms in total. The van der Waals surface area contributed by atoms with Crippen molar-refractivity contribution in [2.24, 2.45) is 0 Å². The first-order valence-corrected chi connectivity index (χ1v) is 8.08. The van der Waals surface area contributed by atoms with Crippen molar-refractivity contribution in [2.75, 3.05) is 18.9 Å². The van der Waals surface area contributed by atoms with Crippen LogP contribution in [-0.2, 0) is 4.79 Å². The van der Waals surface area contributed by atoms with Crippen LogP contribution in [0.5, 0.6) is 0 Å². The molecule has 0 aliphatic heterocycles. The van der Waals surface area contributed by atoms with Gasteiger partial charge in [-0.2, -0.15) is 0 Å². The zero-order valence-electron chi connectivity index (χ0n) is 15.2. The molecule has 0 aliphatic carbocycles. The average Bonchev–Trinajstić information content (AvgIpc) is 2.58. The Morgan fingerprint density at radius 1 is 1.08 bits per heavy atom. The number of nitro groups is 1. The third-order valence-electron chi connectivity index (χ3n) is 4.34. The van der Waals surface area contributed by atoms with Crippen molar-refractivity contribution in [2.45, 2.75) is 20.8 Å². The molecule has 0 aliphatic rings. The Balaban J connectivity index is 2.12. The van der Waals surface area contributed by atoms with E-state index in [2.05, 4.69) is 5.32 Å². The van der Waals surface area contributed by atoms with Crippen LogP contribution in [0.25, 0.3) is 0 Å². The second-order valence-corrected chi connectivity index (χ2v) is 6.16. The number of rotatable bonds is 5. The van der Waals surface area contributed by atoms with Crippen molar-refractivity contribution in [1.82, 2.24) is 4.90 Å². The minimum absolute atomic E-state index is 0.121. The third kappa shape index (κ3) is 4.05. The maximum Gasteiger partial charge on any atom is 0.273 e. The van der Waals surface area contributed by atoms with Crippen molar-refractivity contribution in [3.8, 4) is 0 Å². The lowest BCUT2D eigenvalue weighted by molar-refractivity contribution is -0.385. The van der Waals surface area contributed by atoms with E-state index in [0.29, 0.717) is 5.69 Å². The van der Waals surface area contributed by atoms with Gasteiger partial charge in [-0.05, 0) is 44.0 Å². The highest BCUT2D eigenvalue weighted by atomic mass is 16.6. The van der Waals surface area contributed by atoms with Crippen molar-refractivity contribution in [1.29, 1.82) is 0 Å². The molecule has 0 fully saturated rings. The molecule has 0 radical (unpaired) electrons. The van der Waals surface area contributed by atoms with Gasteiger partial charge in [0.05, 0.1) is 11.5 Å². The van der Waals surface area contributed by atoms with Crippen molar-refractivity contribution in [3.05, 3.63) is 68.8 Å². The number of nitrogens with one attached hydrogen (secondary N) is 1. The number of carbonyl (C=O) groups excluding carboxylic acids is 2. The van der Waals surface area contributed by atoms with Gasteiger partial charge in [-0.1, -0.05) is 18.2 Å². The number of amides is 2. The minimum atomic E-state index is -0.528. The van der Waals surface area contributed by atoms with Crippen LogP contribution in [0, 0.1) is 30.9 Å². The topological polar surface area (TPSA) is 92.6 Å². The van der Waals surface area contributed by atoms with Crippen molar-refractivity contribution < 1.29 is 14.5 Å². The molecule has 0 saturated carbocycles. The van der Waals surface area contributed by atoms with Crippen molar-refractivity contribution in [3.63, 3.8) is 0 Å². The van der Waals surface area contributed by atoms with Crippen LogP contribution in [0.4, 0.5) is 11.4 Å². The van der Waals surface area contributed by atoms with Crippen LogP contribution in [0.3, 0.4) is 0 Å². The Morgan fingerprint density at radius 2 is 1.73 bits per heavy atom. The summed E-state index contributed by atoms with van der Waals surface area (Å²) in [5, 5.41) is 13.8. The maximum absolute atomic E-state index is 12.6. The molecule has 2 amide bonds. The quantitative estimate of drug-likeness (QED) is 0.658. The average molecular weight is 355 g/mol. The predicted octanol–water partition coefficient (Wildman–Crippen LogP) is 3.23. The van der Waals surface area contributed by atoms with E-state index >= 15 is 0 Å². The fourth-order valence-corrected chi connectivity index (χ4v) is 2.62. The Hall–Kier alpha value is -3.22. The number of likely N-dealkylation sites (N-methyl/N-ethyl adjacent to an activating group) is 1. The van der Waals surface area contributed by atoms with Gasteiger partial charge in [-0.3, -0.25) is 19.7 Å².